The van der Waals surface area contributed by atoms with Crippen LogP contribution in [0.2, 0.25) is 0 Å². The lowest BCUT2D eigenvalue weighted by Crippen LogP contribution is -2.46. The van der Waals surface area contributed by atoms with Gasteiger partial charge in [-0.3, -0.25) is 24.1 Å². The van der Waals surface area contributed by atoms with Crippen molar-refractivity contribution in [2.24, 2.45) is 0 Å². The summed E-state index contributed by atoms with van der Waals surface area (Å²) in [6, 6.07) is -0.802. The topological polar surface area (TPSA) is 112 Å². The molecule has 0 heterocycles. The molecule has 0 aromatic rings. The van der Waals surface area contributed by atoms with Gasteiger partial charge >= 0.3 is 17.9 Å². The number of likely N-dealkylation sites (N-methyl/N-ethyl adjacent to an activating group) is 1. The summed E-state index contributed by atoms with van der Waals surface area (Å²) in [6.07, 6.45) is 53.6. The fourth-order valence-corrected chi connectivity index (χ4v) is 9.77. The van der Waals surface area contributed by atoms with Crippen LogP contribution in [0.3, 0.4) is 0 Å². The fourth-order valence-electron chi connectivity index (χ4n) is 9.77. The molecule has 0 radical (unpaired) electrons. The van der Waals surface area contributed by atoms with Crippen molar-refractivity contribution in [1.82, 2.24) is 9.80 Å². The van der Waals surface area contributed by atoms with E-state index in [2.05, 4.69) is 52.0 Å². The van der Waals surface area contributed by atoms with Crippen molar-refractivity contribution in [1.29, 1.82) is 0 Å². The number of ether oxygens (including phenoxy) is 4. The van der Waals surface area contributed by atoms with Crippen LogP contribution in [0.4, 0.5) is 0 Å². The third-order valence-corrected chi connectivity index (χ3v) is 14.5. The zero-order chi connectivity index (χ0) is 54.4. The Morgan fingerprint density at radius 3 is 1.22 bits per heavy atom. The second-order valence-corrected chi connectivity index (χ2v) is 22.1. The zero-order valence-electron chi connectivity index (χ0n) is 49.7. The molecule has 0 aromatic heterocycles. The van der Waals surface area contributed by atoms with Gasteiger partial charge in [0, 0.05) is 19.4 Å². The Hall–Kier alpha value is -2.72. The maximum absolute atomic E-state index is 14.5. The van der Waals surface area contributed by atoms with Crippen LogP contribution in [0.25, 0.3) is 0 Å². The highest BCUT2D eigenvalue weighted by atomic mass is 16.6. The Balaban J connectivity index is 6.08. The van der Waals surface area contributed by atoms with E-state index in [1.165, 1.54) is 167 Å². The predicted molar refractivity (Wildman–Crippen MR) is 312 cm³/mol. The highest BCUT2D eigenvalue weighted by Crippen LogP contribution is 2.22. The molecule has 0 aliphatic heterocycles. The number of carbonyl (C=O) groups is 4. The molecule has 4 atom stereocenters. The number of allylic oxidation sites excluding steroid dienone is 4. The first-order valence-corrected chi connectivity index (χ1v) is 31.4. The van der Waals surface area contributed by atoms with Gasteiger partial charge in [-0.15, -0.1) is 0 Å². The highest BCUT2D eigenvalue weighted by molar-refractivity contribution is 5.77. The minimum atomic E-state index is -0.802. The van der Waals surface area contributed by atoms with Crippen LogP contribution in [0.15, 0.2) is 24.3 Å². The first-order valence-electron chi connectivity index (χ1n) is 31.4. The number of unbranched alkanes of at least 4 members (excludes halogenated alkanes) is 28. The Labute approximate surface area is 457 Å². The molecule has 434 valence electrons. The number of hydrogen-bond donors (Lipinski definition) is 0. The summed E-state index contributed by atoms with van der Waals surface area (Å²) >= 11 is 0. The van der Waals surface area contributed by atoms with E-state index in [4.69, 9.17) is 18.9 Å². The van der Waals surface area contributed by atoms with Crippen molar-refractivity contribution in [3.63, 3.8) is 0 Å². The minimum Gasteiger partial charge on any atom is -0.464 e. The lowest BCUT2D eigenvalue weighted by Gasteiger charge is -2.31. The van der Waals surface area contributed by atoms with E-state index in [0.29, 0.717) is 12.9 Å². The summed E-state index contributed by atoms with van der Waals surface area (Å²) in [7, 11) is 5.71. The average molecular weight is 1050 g/mol. The first kappa shape index (κ1) is 71.3. The fraction of sp³-hybridized carbons (Fsp3) is 0.875. The predicted octanol–water partition coefficient (Wildman–Crippen LogP) is 17.3. The molecule has 0 N–H and O–H groups in total. The minimum absolute atomic E-state index is 0.0512. The van der Waals surface area contributed by atoms with Gasteiger partial charge in [0.15, 0.2) is 0 Å². The number of rotatable bonds is 57. The van der Waals surface area contributed by atoms with Crippen LogP contribution in [0, 0.1) is 0 Å². The highest BCUT2D eigenvalue weighted by Gasteiger charge is 2.31. The van der Waals surface area contributed by atoms with Crippen molar-refractivity contribution >= 4 is 24.4 Å². The number of carbonyl (C=O) groups excluding carboxylic acids is 4. The number of nitrogens with zero attached hydrogens (tertiary/aromatic N) is 2. The molecule has 0 aliphatic carbocycles. The molecule has 10 heteroatoms. The molecule has 0 bridgehead atoms. The molecule has 0 aromatic carbocycles. The quantitative estimate of drug-likeness (QED) is 0.0192. The molecule has 0 fully saturated rings. The summed E-state index contributed by atoms with van der Waals surface area (Å²) in [5.74, 6) is -1.08. The van der Waals surface area contributed by atoms with Crippen LogP contribution in [0.1, 0.15) is 297 Å². The second kappa shape index (κ2) is 55.0. The van der Waals surface area contributed by atoms with Gasteiger partial charge < -0.3 is 23.8 Å². The van der Waals surface area contributed by atoms with E-state index in [-0.39, 0.29) is 62.5 Å². The van der Waals surface area contributed by atoms with E-state index in [9.17, 15) is 19.2 Å². The van der Waals surface area contributed by atoms with Crippen LogP contribution in [0.5, 0.6) is 0 Å². The van der Waals surface area contributed by atoms with Crippen LogP contribution in [-0.2, 0) is 38.1 Å². The number of hydrogen-bond acceptors (Lipinski definition) is 10. The van der Waals surface area contributed by atoms with Crippen molar-refractivity contribution < 1.29 is 38.1 Å². The van der Waals surface area contributed by atoms with Gasteiger partial charge in [0.05, 0.1) is 0 Å². The summed E-state index contributed by atoms with van der Waals surface area (Å²) in [6.45, 7) is 10.1. The maximum atomic E-state index is 14.5. The van der Waals surface area contributed by atoms with Crippen LogP contribution >= 0.6 is 0 Å². The Morgan fingerprint density at radius 1 is 0.405 bits per heavy atom. The Kier molecular flexibility index (Phi) is 53.0. The largest absolute Gasteiger partial charge is 0.464 e. The first-order chi connectivity index (χ1) is 36.1. The molecule has 10 nitrogen and oxygen atoms in total. The van der Waals surface area contributed by atoms with Crippen molar-refractivity contribution in [3.8, 4) is 0 Å². The monoisotopic (exact) mass is 1040 g/mol. The van der Waals surface area contributed by atoms with Crippen molar-refractivity contribution in [3.05, 3.63) is 24.3 Å². The van der Waals surface area contributed by atoms with Crippen LogP contribution < -0.4 is 0 Å². The Morgan fingerprint density at radius 2 is 0.784 bits per heavy atom. The third-order valence-electron chi connectivity index (χ3n) is 14.5. The molecule has 0 saturated heterocycles. The maximum Gasteiger partial charge on any atom is 0.323 e. The van der Waals surface area contributed by atoms with Crippen molar-refractivity contribution in [2.75, 3.05) is 40.8 Å². The van der Waals surface area contributed by atoms with Gasteiger partial charge in [-0.2, -0.15) is 0 Å². The molecule has 0 spiro atoms. The van der Waals surface area contributed by atoms with Gasteiger partial charge in [-0.05, 0) is 118 Å². The molecule has 0 rings (SSSR count). The summed E-state index contributed by atoms with van der Waals surface area (Å²) in [4.78, 5) is 56.6. The van der Waals surface area contributed by atoms with E-state index in [1.54, 1.807) is 7.05 Å². The standard InChI is InChI=1S/C64H120N2O8/c1-8-12-16-20-24-26-28-30-32-36-40-43-48-58(47-42-38-34-22-18-14-10-3)72-63(69)53-52-61(66(7)55-60(56-71-57-67)73-62(68)51-46-54-65(5)6)64(70)74-59(49-44-39-35-23-19-15-11-4)50-45-41-37-33-31-29-27-25-21-17-13-9-2/h34-35,38-39,57-61H,8-33,36-37,40-56H2,1-7H3/b38-34-,39-35-. The average Bonchev–Trinajstić information content (AvgIpc) is 3.37. The summed E-state index contributed by atoms with van der Waals surface area (Å²) in [5.41, 5.74) is 0. The summed E-state index contributed by atoms with van der Waals surface area (Å²) in [5, 5.41) is 0. The van der Waals surface area contributed by atoms with Gasteiger partial charge in [0.2, 0.25) is 0 Å². The normalized spacial score (nSPS) is 13.5. The molecular formula is C64H120N2O8. The molecule has 0 saturated carbocycles. The van der Waals surface area contributed by atoms with E-state index >= 15 is 0 Å². The van der Waals surface area contributed by atoms with Gasteiger partial charge in [-0.25, -0.2) is 0 Å². The van der Waals surface area contributed by atoms with E-state index < -0.39 is 12.1 Å². The molecule has 74 heavy (non-hydrogen) atoms. The molecule has 4 unspecified atom stereocenters. The second-order valence-electron chi connectivity index (χ2n) is 22.1. The van der Waals surface area contributed by atoms with Crippen molar-refractivity contribution in [2.45, 2.75) is 322 Å². The number of esters is 3. The smallest absolute Gasteiger partial charge is 0.323 e. The zero-order valence-corrected chi connectivity index (χ0v) is 49.7. The van der Waals surface area contributed by atoms with Gasteiger partial charge in [0.25, 0.3) is 6.47 Å². The lowest BCUT2D eigenvalue weighted by atomic mass is 10.0. The molecule has 0 aliphatic rings. The SMILES string of the molecule is CCCCC/C=C\CCC(CCCCCCCCCCCCCC)OC(=O)CCC(C(=O)OC(CC/C=C\CCCCC)CCCCCCCCCCCCCC)N(C)CC(COC=O)OC(=O)CCCN(C)C. The lowest BCUT2D eigenvalue weighted by molar-refractivity contribution is -0.161. The van der Waals surface area contributed by atoms with Gasteiger partial charge in [0.1, 0.15) is 31.0 Å². The third kappa shape index (κ3) is 47.7. The molecule has 0 amide bonds. The Bertz CT molecular complexity index is 1320. The summed E-state index contributed by atoms with van der Waals surface area (Å²) < 4.78 is 23.7. The van der Waals surface area contributed by atoms with Gasteiger partial charge in [-0.1, -0.05) is 219 Å². The molecular weight excluding hydrogens is 925 g/mol. The van der Waals surface area contributed by atoms with Crippen LogP contribution in [-0.4, -0.2) is 99.4 Å². The van der Waals surface area contributed by atoms with E-state index in [1.807, 2.05) is 23.9 Å². The van der Waals surface area contributed by atoms with E-state index in [0.717, 1.165) is 83.6 Å².